The lowest BCUT2D eigenvalue weighted by atomic mass is 9.82. The van der Waals surface area contributed by atoms with Gasteiger partial charge in [-0.2, -0.15) is 0 Å². The zero-order chi connectivity index (χ0) is 13.5. The molecule has 0 aliphatic carbocycles. The van der Waals surface area contributed by atoms with Gasteiger partial charge >= 0.3 is 0 Å². The number of aliphatic hydroxyl groups is 1. The molecule has 1 saturated heterocycles. The first-order valence-corrected chi connectivity index (χ1v) is 6.11. The molecule has 0 spiro atoms. The average Bonchev–Trinajstić information content (AvgIpc) is 2.22. The summed E-state index contributed by atoms with van der Waals surface area (Å²) in [5, 5.41) is 10.1. The molecule has 0 radical (unpaired) electrons. The highest BCUT2D eigenvalue weighted by Crippen LogP contribution is 2.29. The predicted octanol–water partition coefficient (Wildman–Crippen LogP) is 1.98. The van der Waals surface area contributed by atoms with E-state index >= 15 is 0 Å². The second kappa shape index (κ2) is 4.35. The molecule has 1 aliphatic heterocycles. The molecule has 4 heteroatoms. The number of carbonyl (C=O) groups excluding carboxylic acids is 1. The van der Waals surface area contributed by atoms with Crippen molar-refractivity contribution in [1.29, 1.82) is 0 Å². The minimum Gasteiger partial charge on any atom is -0.386 e. The molecule has 1 aromatic rings. The van der Waals surface area contributed by atoms with Crippen molar-refractivity contribution in [2.75, 3.05) is 13.1 Å². The van der Waals surface area contributed by atoms with Crippen LogP contribution in [0.2, 0.25) is 0 Å². The molecule has 0 aromatic heterocycles. The lowest BCUT2D eigenvalue weighted by Crippen LogP contribution is -2.65. The highest BCUT2D eigenvalue weighted by molar-refractivity contribution is 5.95. The quantitative estimate of drug-likeness (QED) is 0.873. The number of halogens is 1. The Morgan fingerprint density at radius 3 is 2.50 bits per heavy atom. The van der Waals surface area contributed by atoms with Crippen molar-refractivity contribution in [2.24, 2.45) is 5.92 Å². The smallest absolute Gasteiger partial charge is 0.254 e. The van der Waals surface area contributed by atoms with Crippen molar-refractivity contribution in [3.63, 3.8) is 0 Å². The van der Waals surface area contributed by atoms with Crippen molar-refractivity contribution in [3.05, 3.63) is 35.1 Å². The standard InChI is InChI=1S/C14H18FNO2/c1-9(2)14(18)7-16(8-14)13(17)11-4-10(3)5-12(15)6-11/h4-6,9,18H,7-8H2,1-3H3. The highest BCUT2D eigenvalue weighted by Gasteiger charge is 2.45. The molecule has 1 amide bonds. The van der Waals surface area contributed by atoms with Gasteiger partial charge in [0, 0.05) is 5.56 Å². The average molecular weight is 251 g/mol. The lowest BCUT2D eigenvalue weighted by Gasteiger charge is -2.49. The van der Waals surface area contributed by atoms with Crippen LogP contribution in [0.4, 0.5) is 4.39 Å². The van der Waals surface area contributed by atoms with Crippen LogP contribution in [0.15, 0.2) is 18.2 Å². The van der Waals surface area contributed by atoms with Gasteiger partial charge in [0.15, 0.2) is 0 Å². The number of hydrogen-bond donors (Lipinski definition) is 1. The summed E-state index contributed by atoms with van der Waals surface area (Å²) in [4.78, 5) is 13.6. The number of amides is 1. The van der Waals surface area contributed by atoms with Crippen LogP contribution in [0.25, 0.3) is 0 Å². The third kappa shape index (κ3) is 2.25. The van der Waals surface area contributed by atoms with Crippen LogP contribution < -0.4 is 0 Å². The van der Waals surface area contributed by atoms with Crippen LogP contribution >= 0.6 is 0 Å². The SMILES string of the molecule is Cc1cc(F)cc(C(=O)N2CC(O)(C(C)C)C2)c1. The molecule has 1 aliphatic rings. The number of benzene rings is 1. The number of carbonyl (C=O) groups is 1. The molecule has 1 heterocycles. The number of β-amino-alcohol motifs (C(OH)–C–C–N with tert-alkyl or cyclic N) is 1. The molecular weight excluding hydrogens is 233 g/mol. The molecule has 0 bridgehead atoms. The van der Waals surface area contributed by atoms with E-state index < -0.39 is 11.4 Å². The Kier molecular flexibility index (Phi) is 3.15. The molecule has 0 atom stereocenters. The van der Waals surface area contributed by atoms with Gasteiger partial charge in [0.05, 0.1) is 13.1 Å². The molecule has 3 nitrogen and oxygen atoms in total. The van der Waals surface area contributed by atoms with Crippen LogP contribution in [0.1, 0.15) is 29.8 Å². The van der Waals surface area contributed by atoms with E-state index in [0.717, 1.165) is 5.56 Å². The Morgan fingerprint density at radius 1 is 1.39 bits per heavy atom. The van der Waals surface area contributed by atoms with Gasteiger partial charge in [-0.3, -0.25) is 4.79 Å². The zero-order valence-electron chi connectivity index (χ0n) is 10.9. The number of hydrogen-bond acceptors (Lipinski definition) is 2. The largest absolute Gasteiger partial charge is 0.386 e. The molecule has 1 aromatic carbocycles. The molecule has 2 rings (SSSR count). The van der Waals surface area contributed by atoms with Crippen LogP contribution in [0.5, 0.6) is 0 Å². The molecule has 1 N–H and O–H groups in total. The van der Waals surface area contributed by atoms with Gasteiger partial charge in [-0.15, -0.1) is 0 Å². The molecule has 18 heavy (non-hydrogen) atoms. The number of nitrogens with zero attached hydrogens (tertiary/aromatic N) is 1. The number of likely N-dealkylation sites (tertiary alicyclic amines) is 1. The van der Waals surface area contributed by atoms with Crippen LogP contribution in [-0.4, -0.2) is 34.6 Å². The van der Waals surface area contributed by atoms with Crippen LogP contribution in [0, 0.1) is 18.7 Å². The summed E-state index contributed by atoms with van der Waals surface area (Å²) in [7, 11) is 0. The van der Waals surface area contributed by atoms with Crippen molar-refractivity contribution in [2.45, 2.75) is 26.4 Å². The van der Waals surface area contributed by atoms with Crippen molar-refractivity contribution >= 4 is 5.91 Å². The predicted molar refractivity (Wildman–Crippen MR) is 66.8 cm³/mol. The van der Waals surface area contributed by atoms with E-state index in [0.29, 0.717) is 18.7 Å². The molecule has 98 valence electrons. The Balaban J connectivity index is 2.10. The maximum absolute atomic E-state index is 13.2. The highest BCUT2D eigenvalue weighted by atomic mass is 19.1. The fraction of sp³-hybridized carbons (Fsp3) is 0.500. The normalized spacial score (nSPS) is 17.8. The fourth-order valence-electron chi connectivity index (χ4n) is 2.17. The van der Waals surface area contributed by atoms with Crippen LogP contribution in [-0.2, 0) is 0 Å². The first-order valence-electron chi connectivity index (χ1n) is 6.11. The minimum absolute atomic E-state index is 0.107. The first kappa shape index (κ1) is 13.0. The van der Waals surface area contributed by atoms with Gasteiger partial charge < -0.3 is 10.0 Å². The van der Waals surface area contributed by atoms with E-state index in [1.165, 1.54) is 12.1 Å². The Morgan fingerprint density at radius 2 is 2.00 bits per heavy atom. The van der Waals surface area contributed by atoms with Gasteiger partial charge in [0.2, 0.25) is 0 Å². The summed E-state index contributed by atoms with van der Waals surface area (Å²) in [5.41, 5.74) is 0.272. The molecule has 0 saturated carbocycles. The summed E-state index contributed by atoms with van der Waals surface area (Å²) < 4.78 is 13.2. The first-order chi connectivity index (χ1) is 8.32. The summed E-state index contributed by atoms with van der Waals surface area (Å²) in [6, 6.07) is 4.29. The summed E-state index contributed by atoms with van der Waals surface area (Å²) >= 11 is 0. The lowest BCUT2D eigenvalue weighted by molar-refractivity contribution is -0.110. The van der Waals surface area contributed by atoms with E-state index in [4.69, 9.17) is 0 Å². The van der Waals surface area contributed by atoms with Gasteiger partial charge in [-0.1, -0.05) is 13.8 Å². The number of aryl methyl sites for hydroxylation is 1. The van der Waals surface area contributed by atoms with E-state index in [1.54, 1.807) is 17.9 Å². The van der Waals surface area contributed by atoms with E-state index in [2.05, 4.69) is 0 Å². The molecular formula is C14H18FNO2. The zero-order valence-corrected chi connectivity index (χ0v) is 10.9. The minimum atomic E-state index is -0.794. The Hall–Kier alpha value is -1.42. The Bertz CT molecular complexity index is 458. The monoisotopic (exact) mass is 251 g/mol. The number of rotatable bonds is 2. The molecule has 0 unspecified atom stereocenters. The van der Waals surface area contributed by atoms with Crippen LogP contribution in [0.3, 0.4) is 0 Å². The summed E-state index contributed by atoms with van der Waals surface area (Å²) in [6.07, 6.45) is 0. The fourth-order valence-corrected chi connectivity index (χ4v) is 2.17. The van der Waals surface area contributed by atoms with Gasteiger partial charge in [-0.25, -0.2) is 4.39 Å². The third-order valence-corrected chi connectivity index (χ3v) is 3.58. The van der Waals surface area contributed by atoms with Gasteiger partial charge in [0.25, 0.3) is 5.91 Å². The van der Waals surface area contributed by atoms with E-state index in [-0.39, 0.29) is 11.8 Å². The van der Waals surface area contributed by atoms with E-state index in [1.807, 2.05) is 13.8 Å². The summed E-state index contributed by atoms with van der Waals surface area (Å²) in [6.45, 7) is 6.24. The second-order valence-electron chi connectivity index (χ2n) is 5.44. The van der Waals surface area contributed by atoms with Crippen molar-refractivity contribution < 1.29 is 14.3 Å². The van der Waals surface area contributed by atoms with Gasteiger partial charge in [-0.05, 0) is 36.6 Å². The third-order valence-electron chi connectivity index (χ3n) is 3.58. The molecule has 1 fully saturated rings. The maximum atomic E-state index is 13.2. The van der Waals surface area contributed by atoms with Crippen molar-refractivity contribution in [3.8, 4) is 0 Å². The maximum Gasteiger partial charge on any atom is 0.254 e. The van der Waals surface area contributed by atoms with Gasteiger partial charge in [0.1, 0.15) is 11.4 Å². The van der Waals surface area contributed by atoms with E-state index in [9.17, 15) is 14.3 Å². The summed E-state index contributed by atoms with van der Waals surface area (Å²) in [5.74, 6) is -0.517. The second-order valence-corrected chi connectivity index (χ2v) is 5.44. The van der Waals surface area contributed by atoms with Crippen molar-refractivity contribution in [1.82, 2.24) is 4.90 Å². The Labute approximate surface area is 106 Å². The topological polar surface area (TPSA) is 40.5 Å².